The van der Waals surface area contributed by atoms with Gasteiger partial charge >= 0.3 is 0 Å². The van der Waals surface area contributed by atoms with Crippen LogP contribution in [0.2, 0.25) is 0 Å². The lowest BCUT2D eigenvalue weighted by Gasteiger charge is -2.36. The van der Waals surface area contributed by atoms with Crippen LogP contribution in [-0.2, 0) is 11.2 Å². The molecule has 1 aliphatic rings. The molecule has 0 bridgehead atoms. The SMILES string of the molecule is COC1CCCC(O)(Cc2cccc(C)c2)C1. The summed E-state index contributed by atoms with van der Waals surface area (Å²) in [5.74, 6) is 0. The summed E-state index contributed by atoms with van der Waals surface area (Å²) in [6, 6.07) is 8.41. The fraction of sp³-hybridized carbons (Fsp3) is 0.600. The maximum absolute atomic E-state index is 10.6. The first-order valence-electron chi connectivity index (χ1n) is 6.42. The van der Waals surface area contributed by atoms with Crippen molar-refractivity contribution >= 4 is 0 Å². The van der Waals surface area contributed by atoms with Crippen LogP contribution in [0.25, 0.3) is 0 Å². The van der Waals surface area contributed by atoms with Gasteiger partial charge in [0.25, 0.3) is 0 Å². The molecule has 0 aromatic heterocycles. The largest absolute Gasteiger partial charge is 0.389 e. The molecule has 2 unspecified atom stereocenters. The van der Waals surface area contributed by atoms with E-state index in [0.29, 0.717) is 0 Å². The molecule has 94 valence electrons. The van der Waals surface area contributed by atoms with E-state index in [1.54, 1.807) is 7.11 Å². The van der Waals surface area contributed by atoms with Gasteiger partial charge in [0.1, 0.15) is 0 Å². The van der Waals surface area contributed by atoms with Crippen molar-refractivity contribution in [1.82, 2.24) is 0 Å². The van der Waals surface area contributed by atoms with E-state index in [1.807, 2.05) is 0 Å². The van der Waals surface area contributed by atoms with Crippen LogP contribution in [0.4, 0.5) is 0 Å². The number of methoxy groups -OCH3 is 1. The van der Waals surface area contributed by atoms with E-state index < -0.39 is 5.60 Å². The second kappa shape index (κ2) is 5.19. The average molecular weight is 234 g/mol. The van der Waals surface area contributed by atoms with Gasteiger partial charge in [0.15, 0.2) is 0 Å². The molecule has 2 rings (SSSR count). The number of aliphatic hydroxyl groups is 1. The van der Waals surface area contributed by atoms with E-state index in [1.165, 1.54) is 11.1 Å². The van der Waals surface area contributed by atoms with Gasteiger partial charge in [0, 0.05) is 20.0 Å². The first-order chi connectivity index (χ1) is 8.11. The third-order valence-electron chi connectivity index (χ3n) is 3.72. The highest BCUT2D eigenvalue weighted by Gasteiger charge is 2.34. The van der Waals surface area contributed by atoms with Crippen molar-refractivity contribution in [2.45, 2.75) is 50.7 Å². The molecule has 0 heterocycles. The van der Waals surface area contributed by atoms with Gasteiger partial charge in [0.2, 0.25) is 0 Å². The summed E-state index contributed by atoms with van der Waals surface area (Å²) in [6.45, 7) is 2.09. The zero-order valence-corrected chi connectivity index (χ0v) is 10.8. The van der Waals surface area contributed by atoms with Gasteiger partial charge in [-0.05, 0) is 31.7 Å². The summed E-state index contributed by atoms with van der Waals surface area (Å²) >= 11 is 0. The highest BCUT2D eigenvalue weighted by atomic mass is 16.5. The van der Waals surface area contributed by atoms with Crippen LogP contribution in [0, 0.1) is 6.92 Å². The molecule has 2 nitrogen and oxygen atoms in total. The summed E-state index contributed by atoms with van der Waals surface area (Å²) < 4.78 is 5.39. The third kappa shape index (κ3) is 3.30. The summed E-state index contributed by atoms with van der Waals surface area (Å²) in [5.41, 5.74) is 1.90. The van der Waals surface area contributed by atoms with E-state index in [0.717, 1.165) is 32.1 Å². The summed E-state index contributed by atoms with van der Waals surface area (Å²) in [7, 11) is 1.74. The molecule has 1 N–H and O–H groups in total. The van der Waals surface area contributed by atoms with Gasteiger partial charge in [-0.3, -0.25) is 0 Å². The lowest BCUT2D eigenvalue weighted by atomic mass is 9.79. The minimum atomic E-state index is -0.577. The van der Waals surface area contributed by atoms with Gasteiger partial charge in [-0.15, -0.1) is 0 Å². The Kier molecular flexibility index (Phi) is 3.85. The van der Waals surface area contributed by atoms with Gasteiger partial charge in [0.05, 0.1) is 11.7 Å². The molecule has 2 atom stereocenters. The molecule has 2 heteroatoms. The molecule has 1 aromatic rings. The van der Waals surface area contributed by atoms with E-state index in [-0.39, 0.29) is 6.10 Å². The summed E-state index contributed by atoms with van der Waals surface area (Å²) in [5, 5.41) is 10.6. The van der Waals surface area contributed by atoms with E-state index in [9.17, 15) is 5.11 Å². The van der Waals surface area contributed by atoms with Crippen molar-refractivity contribution in [2.24, 2.45) is 0 Å². The van der Waals surface area contributed by atoms with Crippen molar-refractivity contribution in [2.75, 3.05) is 7.11 Å². The van der Waals surface area contributed by atoms with Crippen LogP contribution in [0.3, 0.4) is 0 Å². The number of hydrogen-bond donors (Lipinski definition) is 1. The Morgan fingerprint density at radius 2 is 2.29 bits per heavy atom. The Hall–Kier alpha value is -0.860. The van der Waals surface area contributed by atoms with Crippen molar-refractivity contribution in [3.05, 3.63) is 35.4 Å². The second-order valence-electron chi connectivity index (χ2n) is 5.34. The molecule has 1 fully saturated rings. The quantitative estimate of drug-likeness (QED) is 0.871. The Morgan fingerprint density at radius 3 is 3.00 bits per heavy atom. The zero-order valence-electron chi connectivity index (χ0n) is 10.8. The summed E-state index contributed by atoms with van der Waals surface area (Å²) in [6.07, 6.45) is 4.75. The van der Waals surface area contributed by atoms with Crippen molar-refractivity contribution in [1.29, 1.82) is 0 Å². The van der Waals surface area contributed by atoms with Crippen LogP contribution in [-0.4, -0.2) is 23.9 Å². The van der Waals surface area contributed by atoms with Crippen molar-refractivity contribution in [3.8, 4) is 0 Å². The minimum absolute atomic E-state index is 0.221. The molecule has 1 saturated carbocycles. The van der Waals surface area contributed by atoms with Gasteiger partial charge in [-0.2, -0.15) is 0 Å². The molecular formula is C15H22O2. The molecule has 1 aromatic carbocycles. The molecule has 17 heavy (non-hydrogen) atoms. The van der Waals surface area contributed by atoms with Crippen LogP contribution in [0.1, 0.15) is 36.8 Å². The smallest absolute Gasteiger partial charge is 0.0712 e. The van der Waals surface area contributed by atoms with Crippen LogP contribution < -0.4 is 0 Å². The standard InChI is InChI=1S/C15H22O2/c1-12-5-3-6-13(9-12)10-15(16)8-4-7-14(11-15)17-2/h3,5-6,9,14,16H,4,7-8,10-11H2,1-2H3. The van der Waals surface area contributed by atoms with E-state index in [4.69, 9.17) is 4.74 Å². The van der Waals surface area contributed by atoms with Crippen LogP contribution in [0.5, 0.6) is 0 Å². The third-order valence-corrected chi connectivity index (χ3v) is 3.72. The molecular weight excluding hydrogens is 212 g/mol. The molecule has 0 saturated heterocycles. The number of aryl methyl sites for hydroxylation is 1. The van der Waals surface area contributed by atoms with Crippen molar-refractivity contribution < 1.29 is 9.84 Å². The Labute approximate surface area is 104 Å². The Bertz CT molecular complexity index is 375. The topological polar surface area (TPSA) is 29.5 Å². The van der Waals surface area contributed by atoms with Gasteiger partial charge in [-0.25, -0.2) is 0 Å². The molecule has 0 amide bonds. The number of hydrogen-bond acceptors (Lipinski definition) is 2. The fourth-order valence-electron chi connectivity index (χ4n) is 2.85. The lowest BCUT2D eigenvalue weighted by molar-refractivity contribution is -0.0581. The second-order valence-corrected chi connectivity index (χ2v) is 5.34. The first kappa shape index (κ1) is 12.6. The molecule has 1 aliphatic carbocycles. The maximum atomic E-state index is 10.6. The van der Waals surface area contributed by atoms with Crippen LogP contribution in [0.15, 0.2) is 24.3 Å². The normalized spacial score (nSPS) is 29.2. The monoisotopic (exact) mass is 234 g/mol. The lowest BCUT2D eigenvalue weighted by Crippen LogP contribution is -2.40. The fourth-order valence-corrected chi connectivity index (χ4v) is 2.85. The zero-order chi connectivity index (χ0) is 12.3. The molecule has 0 aliphatic heterocycles. The Morgan fingerprint density at radius 1 is 1.47 bits per heavy atom. The predicted molar refractivity (Wildman–Crippen MR) is 69.1 cm³/mol. The van der Waals surface area contributed by atoms with E-state index >= 15 is 0 Å². The highest BCUT2D eigenvalue weighted by molar-refractivity contribution is 5.23. The summed E-state index contributed by atoms with van der Waals surface area (Å²) in [4.78, 5) is 0. The number of benzene rings is 1. The van der Waals surface area contributed by atoms with E-state index in [2.05, 4.69) is 31.2 Å². The Balaban J connectivity index is 2.06. The highest BCUT2D eigenvalue weighted by Crippen LogP contribution is 2.32. The maximum Gasteiger partial charge on any atom is 0.0712 e. The number of ether oxygens (including phenoxy) is 1. The molecule has 0 spiro atoms. The molecule has 0 radical (unpaired) electrons. The van der Waals surface area contributed by atoms with Gasteiger partial charge in [-0.1, -0.05) is 29.8 Å². The van der Waals surface area contributed by atoms with Gasteiger partial charge < -0.3 is 9.84 Å². The number of rotatable bonds is 3. The first-order valence-corrected chi connectivity index (χ1v) is 6.42. The predicted octanol–water partition coefficient (Wildman–Crippen LogP) is 2.86. The van der Waals surface area contributed by atoms with Crippen LogP contribution >= 0.6 is 0 Å². The van der Waals surface area contributed by atoms with Crippen molar-refractivity contribution in [3.63, 3.8) is 0 Å². The minimum Gasteiger partial charge on any atom is -0.389 e. The average Bonchev–Trinajstić information content (AvgIpc) is 2.28.